The Labute approximate surface area is 101 Å². The zero-order chi connectivity index (χ0) is 11.5. The van der Waals surface area contributed by atoms with Gasteiger partial charge in [-0.15, -0.1) is 0 Å². The van der Waals surface area contributed by atoms with Crippen molar-refractivity contribution in [2.45, 2.75) is 58.0 Å². The maximum atomic E-state index is 3.59. The Morgan fingerprint density at radius 1 is 1.19 bits per heavy atom. The lowest BCUT2D eigenvalue weighted by Gasteiger charge is -2.35. The summed E-state index contributed by atoms with van der Waals surface area (Å²) in [4.78, 5) is 2.64. The third-order valence-electron chi connectivity index (χ3n) is 4.61. The van der Waals surface area contributed by atoms with E-state index >= 15 is 0 Å². The molecular formula is C14H28N2. The van der Waals surface area contributed by atoms with Crippen molar-refractivity contribution in [2.24, 2.45) is 11.8 Å². The summed E-state index contributed by atoms with van der Waals surface area (Å²) in [5, 5.41) is 3.59. The Balaban J connectivity index is 1.67. The molecular weight excluding hydrogens is 196 g/mol. The van der Waals surface area contributed by atoms with Crippen LogP contribution in [0.2, 0.25) is 0 Å². The quantitative estimate of drug-likeness (QED) is 0.772. The summed E-state index contributed by atoms with van der Waals surface area (Å²) in [5.74, 6) is 2.01. The van der Waals surface area contributed by atoms with Crippen molar-refractivity contribution in [2.75, 3.05) is 20.1 Å². The summed E-state index contributed by atoms with van der Waals surface area (Å²) in [6.07, 6.45) is 7.02. The van der Waals surface area contributed by atoms with Crippen molar-refractivity contribution in [1.29, 1.82) is 0 Å². The minimum atomic E-state index is 0.800. The van der Waals surface area contributed by atoms with Gasteiger partial charge < -0.3 is 10.2 Å². The van der Waals surface area contributed by atoms with Crippen LogP contribution in [0.4, 0.5) is 0 Å². The molecule has 2 nitrogen and oxygen atoms in total. The molecule has 2 rings (SSSR count). The summed E-state index contributed by atoms with van der Waals surface area (Å²) in [6.45, 7) is 7.08. The highest BCUT2D eigenvalue weighted by atomic mass is 15.1. The molecule has 1 N–H and O–H groups in total. The first-order valence-electron chi connectivity index (χ1n) is 7.14. The highest BCUT2D eigenvalue weighted by molar-refractivity contribution is 4.88. The second kappa shape index (κ2) is 5.50. The fourth-order valence-electron chi connectivity index (χ4n) is 3.18. The average Bonchev–Trinajstić information content (AvgIpc) is 2.95. The van der Waals surface area contributed by atoms with Gasteiger partial charge in [-0.1, -0.05) is 13.8 Å². The van der Waals surface area contributed by atoms with Crippen LogP contribution in [0.25, 0.3) is 0 Å². The van der Waals surface area contributed by atoms with Gasteiger partial charge in [-0.05, 0) is 57.5 Å². The van der Waals surface area contributed by atoms with E-state index in [2.05, 4.69) is 31.1 Å². The van der Waals surface area contributed by atoms with Crippen molar-refractivity contribution in [3.8, 4) is 0 Å². The molecule has 2 saturated carbocycles. The van der Waals surface area contributed by atoms with Crippen molar-refractivity contribution in [1.82, 2.24) is 10.2 Å². The highest BCUT2D eigenvalue weighted by Gasteiger charge is 2.35. The Kier molecular flexibility index (Phi) is 4.26. The van der Waals surface area contributed by atoms with Crippen molar-refractivity contribution in [3.05, 3.63) is 0 Å². The molecule has 94 valence electrons. The zero-order valence-electron chi connectivity index (χ0n) is 11.2. The van der Waals surface area contributed by atoms with Gasteiger partial charge in [-0.3, -0.25) is 0 Å². The topological polar surface area (TPSA) is 15.3 Å². The Hall–Kier alpha value is -0.0800. The Morgan fingerprint density at radius 3 is 2.31 bits per heavy atom. The van der Waals surface area contributed by atoms with Crippen LogP contribution in [0.15, 0.2) is 0 Å². The zero-order valence-corrected chi connectivity index (χ0v) is 11.2. The van der Waals surface area contributed by atoms with Gasteiger partial charge in [0.1, 0.15) is 0 Å². The predicted octanol–water partition coefficient (Wildman–Crippen LogP) is 2.49. The van der Waals surface area contributed by atoms with Gasteiger partial charge in [0, 0.05) is 18.6 Å². The van der Waals surface area contributed by atoms with E-state index in [9.17, 15) is 0 Å². The van der Waals surface area contributed by atoms with Gasteiger partial charge in [0.05, 0.1) is 0 Å². The Bertz CT molecular complexity index is 209. The first kappa shape index (κ1) is 12.4. The summed E-state index contributed by atoms with van der Waals surface area (Å²) in [6, 6.07) is 1.66. The summed E-state index contributed by atoms with van der Waals surface area (Å²) in [7, 11) is 2.34. The summed E-state index contributed by atoms with van der Waals surface area (Å²) < 4.78 is 0. The van der Waals surface area contributed by atoms with Gasteiger partial charge in [0.2, 0.25) is 0 Å². The van der Waals surface area contributed by atoms with E-state index in [0.717, 1.165) is 30.5 Å². The first-order valence-corrected chi connectivity index (χ1v) is 7.14. The van der Waals surface area contributed by atoms with E-state index in [1.165, 1.54) is 38.6 Å². The molecule has 2 aliphatic rings. The number of hydrogen-bond donors (Lipinski definition) is 1. The van der Waals surface area contributed by atoms with Crippen LogP contribution in [0, 0.1) is 11.8 Å². The molecule has 2 heteroatoms. The maximum absolute atomic E-state index is 3.59. The molecule has 0 aromatic rings. The molecule has 0 aliphatic heterocycles. The van der Waals surface area contributed by atoms with Gasteiger partial charge in [0.15, 0.2) is 0 Å². The molecule has 0 spiro atoms. The smallest absolute Gasteiger partial charge is 0.00934 e. The number of rotatable bonds is 5. The van der Waals surface area contributed by atoms with Gasteiger partial charge in [-0.2, -0.15) is 0 Å². The fourth-order valence-corrected chi connectivity index (χ4v) is 3.18. The number of nitrogens with one attached hydrogen (secondary N) is 1. The largest absolute Gasteiger partial charge is 0.314 e. The van der Waals surface area contributed by atoms with Crippen LogP contribution in [-0.4, -0.2) is 37.1 Å². The van der Waals surface area contributed by atoms with Crippen LogP contribution in [0.3, 0.4) is 0 Å². The van der Waals surface area contributed by atoms with Crippen molar-refractivity contribution in [3.63, 3.8) is 0 Å². The van der Waals surface area contributed by atoms with E-state index in [-0.39, 0.29) is 0 Å². The highest BCUT2D eigenvalue weighted by Crippen LogP contribution is 2.38. The Morgan fingerprint density at radius 2 is 1.81 bits per heavy atom. The van der Waals surface area contributed by atoms with Gasteiger partial charge >= 0.3 is 0 Å². The summed E-state index contributed by atoms with van der Waals surface area (Å²) in [5.41, 5.74) is 0. The van der Waals surface area contributed by atoms with E-state index in [4.69, 9.17) is 0 Å². The molecule has 0 aromatic carbocycles. The van der Waals surface area contributed by atoms with Gasteiger partial charge in [0.25, 0.3) is 0 Å². The molecule has 16 heavy (non-hydrogen) atoms. The second-order valence-electron chi connectivity index (χ2n) is 5.98. The normalized spacial score (nSPS) is 39.0. The first-order chi connectivity index (χ1) is 7.70. The van der Waals surface area contributed by atoms with E-state index in [1.54, 1.807) is 0 Å². The molecule has 0 saturated heterocycles. The standard InChI is InChI=1S/C14H28N2/c1-4-15-13-5-7-14(8-6-13)16(3)10-12-9-11(12)2/h11-15H,4-10H2,1-3H3. The predicted molar refractivity (Wildman–Crippen MR) is 69.6 cm³/mol. The lowest BCUT2D eigenvalue weighted by atomic mass is 9.90. The molecule has 0 aromatic heterocycles. The molecule has 2 atom stereocenters. The fraction of sp³-hybridized carbons (Fsp3) is 1.00. The van der Waals surface area contributed by atoms with E-state index in [1.807, 2.05) is 0 Å². The molecule has 0 radical (unpaired) electrons. The number of nitrogens with zero attached hydrogens (tertiary/aromatic N) is 1. The minimum absolute atomic E-state index is 0.800. The van der Waals surface area contributed by atoms with Crippen LogP contribution < -0.4 is 5.32 Å². The van der Waals surface area contributed by atoms with E-state index < -0.39 is 0 Å². The van der Waals surface area contributed by atoms with Crippen molar-refractivity contribution < 1.29 is 0 Å². The molecule has 0 bridgehead atoms. The third kappa shape index (κ3) is 3.21. The molecule has 0 amide bonds. The lowest BCUT2D eigenvalue weighted by Crippen LogP contribution is -2.41. The van der Waals surface area contributed by atoms with Gasteiger partial charge in [-0.25, -0.2) is 0 Å². The second-order valence-corrected chi connectivity index (χ2v) is 5.98. The number of hydrogen-bond acceptors (Lipinski definition) is 2. The molecule has 2 unspecified atom stereocenters. The lowest BCUT2D eigenvalue weighted by molar-refractivity contribution is 0.167. The van der Waals surface area contributed by atoms with Crippen LogP contribution in [-0.2, 0) is 0 Å². The van der Waals surface area contributed by atoms with Crippen LogP contribution in [0.1, 0.15) is 46.0 Å². The molecule has 2 aliphatic carbocycles. The minimum Gasteiger partial charge on any atom is -0.314 e. The monoisotopic (exact) mass is 224 g/mol. The van der Waals surface area contributed by atoms with Crippen LogP contribution >= 0.6 is 0 Å². The summed E-state index contributed by atoms with van der Waals surface area (Å²) >= 11 is 0. The van der Waals surface area contributed by atoms with Crippen LogP contribution in [0.5, 0.6) is 0 Å². The van der Waals surface area contributed by atoms with E-state index in [0.29, 0.717) is 0 Å². The molecule has 0 heterocycles. The van der Waals surface area contributed by atoms with Crippen molar-refractivity contribution >= 4 is 0 Å². The molecule has 2 fully saturated rings. The third-order valence-corrected chi connectivity index (χ3v) is 4.61. The SMILES string of the molecule is CCNC1CCC(N(C)CC2CC2C)CC1. The average molecular weight is 224 g/mol. The maximum Gasteiger partial charge on any atom is 0.00934 e.